The Hall–Kier alpha value is -1.62. The molecule has 0 amide bonds. The van der Waals surface area contributed by atoms with Crippen molar-refractivity contribution in [3.8, 4) is 0 Å². The molecule has 0 saturated carbocycles. The van der Waals surface area contributed by atoms with Crippen molar-refractivity contribution in [1.29, 1.82) is 0 Å². The summed E-state index contributed by atoms with van der Waals surface area (Å²) in [6, 6.07) is 3.92. The number of rotatable bonds is 0. The van der Waals surface area contributed by atoms with E-state index in [4.69, 9.17) is 0 Å². The maximum Gasteiger partial charge on any atom is 0.167 e. The van der Waals surface area contributed by atoms with Crippen LogP contribution in [-0.2, 0) is 0 Å². The van der Waals surface area contributed by atoms with Crippen LogP contribution in [-0.4, -0.2) is 20.2 Å². The van der Waals surface area contributed by atoms with Crippen LogP contribution in [0.4, 0.5) is 0 Å². The van der Waals surface area contributed by atoms with Gasteiger partial charge in [-0.2, -0.15) is 0 Å². The van der Waals surface area contributed by atoms with E-state index in [1.165, 1.54) is 6.33 Å². The van der Waals surface area contributed by atoms with Gasteiger partial charge in [-0.3, -0.25) is 4.98 Å². The van der Waals surface area contributed by atoms with Crippen LogP contribution in [0.3, 0.4) is 0 Å². The van der Waals surface area contributed by atoms with Gasteiger partial charge in [-0.05, 0) is 12.1 Å². The molecule has 0 aromatic carbocycles. The molecule has 3 aromatic heterocycles. The van der Waals surface area contributed by atoms with Crippen LogP contribution in [0.15, 0.2) is 24.7 Å². The van der Waals surface area contributed by atoms with E-state index in [9.17, 15) is 0 Å². The first kappa shape index (κ1) is 6.85. The first-order valence-corrected chi connectivity index (χ1v) is 4.58. The molecule has 0 radical (unpaired) electrons. The predicted octanol–water partition coefficient (Wildman–Crippen LogP) is 1.63. The SMILES string of the molecule is c1cnc2c(c1)sc1nncnc12. The Kier molecular flexibility index (Phi) is 1.28. The zero-order valence-corrected chi connectivity index (χ0v) is 7.32. The van der Waals surface area contributed by atoms with Gasteiger partial charge < -0.3 is 0 Å². The zero-order valence-electron chi connectivity index (χ0n) is 6.51. The Morgan fingerprint density at radius 1 is 1.15 bits per heavy atom. The number of fused-ring (bicyclic) bond motifs is 3. The van der Waals surface area contributed by atoms with Gasteiger partial charge >= 0.3 is 0 Å². The minimum Gasteiger partial charge on any atom is -0.253 e. The Labute approximate surface area is 77.3 Å². The largest absolute Gasteiger partial charge is 0.253 e. The fourth-order valence-corrected chi connectivity index (χ4v) is 2.19. The van der Waals surface area contributed by atoms with Crippen molar-refractivity contribution in [3.63, 3.8) is 0 Å². The Bertz CT molecular complexity index is 524. The van der Waals surface area contributed by atoms with Crippen LogP contribution in [0, 0.1) is 0 Å². The number of nitrogens with zero attached hydrogens (tertiary/aromatic N) is 4. The Morgan fingerprint density at radius 3 is 3.15 bits per heavy atom. The van der Waals surface area contributed by atoms with Crippen LogP contribution in [0.25, 0.3) is 20.6 Å². The summed E-state index contributed by atoms with van der Waals surface area (Å²) in [6.45, 7) is 0. The topological polar surface area (TPSA) is 51.6 Å². The molecule has 3 aromatic rings. The van der Waals surface area contributed by atoms with E-state index in [1.807, 2.05) is 12.1 Å². The maximum absolute atomic E-state index is 4.25. The van der Waals surface area contributed by atoms with Gasteiger partial charge in [0.1, 0.15) is 17.4 Å². The molecule has 0 saturated heterocycles. The lowest BCUT2D eigenvalue weighted by Crippen LogP contribution is -1.81. The first-order valence-electron chi connectivity index (χ1n) is 3.76. The molecule has 0 aliphatic rings. The molecule has 0 bridgehead atoms. The van der Waals surface area contributed by atoms with Gasteiger partial charge in [0.15, 0.2) is 4.83 Å². The molecule has 62 valence electrons. The number of aromatic nitrogens is 4. The molecule has 3 heterocycles. The van der Waals surface area contributed by atoms with Gasteiger partial charge in [0.25, 0.3) is 0 Å². The van der Waals surface area contributed by atoms with Crippen molar-refractivity contribution in [3.05, 3.63) is 24.7 Å². The second-order valence-electron chi connectivity index (χ2n) is 2.57. The van der Waals surface area contributed by atoms with Crippen LogP contribution in [0.1, 0.15) is 0 Å². The third-order valence-corrected chi connectivity index (χ3v) is 2.81. The van der Waals surface area contributed by atoms with Gasteiger partial charge in [0.05, 0.1) is 4.70 Å². The normalized spacial score (nSPS) is 11.1. The van der Waals surface area contributed by atoms with E-state index in [0.29, 0.717) is 0 Å². The van der Waals surface area contributed by atoms with Crippen molar-refractivity contribution in [2.45, 2.75) is 0 Å². The van der Waals surface area contributed by atoms with Crippen molar-refractivity contribution in [1.82, 2.24) is 20.2 Å². The quantitative estimate of drug-likeness (QED) is 0.538. The number of hydrogen-bond acceptors (Lipinski definition) is 5. The van der Waals surface area contributed by atoms with Gasteiger partial charge in [0.2, 0.25) is 0 Å². The lowest BCUT2D eigenvalue weighted by Gasteiger charge is -1.85. The second kappa shape index (κ2) is 2.43. The summed E-state index contributed by atoms with van der Waals surface area (Å²) in [7, 11) is 0. The maximum atomic E-state index is 4.25. The molecule has 0 spiro atoms. The van der Waals surface area contributed by atoms with Crippen LogP contribution >= 0.6 is 11.3 Å². The molecule has 0 aliphatic carbocycles. The summed E-state index contributed by atoms with van der Waals surface area (Å²) >= 11 is 1.56. The van der Waals surface area contributed by atoms with Gasteiger partial charge in [-0.25, -0.2) is 4.98 Å². The summed E-state index contributed by atoms with van der Waals surface area (Å²) in [5.41, 5.74) is 1.76. The second-order valence-corrected chi connectivity index (χ2v) is 3.60. The van der Waals surface area contributed by atoms with Crippen molar-refractivity contribution in [2.75, 3.05) is 0 Å². The Balaban J connectivity index is 2.64. The standard InChI is InChI=1S/C8H4N4S/c1-2-5-6(9-3-1)7-8(13-5)12-11-4-10-7/h1-4H. The average Bonchev–Trinajstić information content (AvgIpc) is 2.56. The third-order valence-electron chi connectivity index (χ3n) is 1.79. The monoisotopic (exact) mass is 188 g/mol. The van der Waals surface area contributed by atoms with E-state index in [1.54, 1.807) is 17.5 Å². The summed E-state index contributed by atoms with van der Waals surface area (Å²) in [6.07, 6.45) is 3.21. The van der Waals surface area contributed by atoms with Crippen molar-refractivity contribution < 1.29 is 0 Å². The number of thiophene rings is 1. The van der Waals surface area contributed by atoms with Crippen LogP contribution in [0.5, 0.6) is 0 Å². The van der Waals surface area contributed by atoms with E-state index < -0.39 is 0 Å². The number of hydrogen-bond donors (Lipinski definition) is 0. The summed E-state index contributed by atoms with van der Waals surface area (Å²) < 4.78 is 1.10. The van der Waals surface area contributed by atoms with E-state index in [-0.39, 0.29) is 0 Å². The molecule has 0 unspecified atom stereocenters. The highest BCUT2D eigenvalue weighted by Gasteiger charge is 2.06. The summed E-state index contributed by atoms with van der Waals surface area (Å²) in [5, 5.41) is 7.71. The minimum atomic E-state index is 0.843. The van der Waals surface area contributed by atoms with Crippen LogP contribution in [0.2, 0.25) is 0 Å². The fourth-order valence-electron chi connectivity index (χ4n) is 1.25. The van der Waals surface area contributed by atoms with Crippen LogP contribution < -0.4 is 0 Å². The minimum absolute atomic E-state index is 0.843. The highest BCUT2D eigenvalue weighted by Crippen LogP contribution is 2.27. The fraction of sp³-hybridized carbons (Fsp3) is 0. The van der Waals surface area contributed by atoms with Gasteiger partial charge in [-0.15, -0.1) is 21.5 Å². The predicted molar refractivity (Wildman–Crippen MR) is 50.5 cm³/mol. The highest BCUT2D eigenvalue weighted by atomic mass is 32.1. The molecule has 0 aliphatic heterocycles. The van der Waals surface area contributed by atoms with E-state index in [2.05, 4.69) is 20.2 Å². The zero-order chi connectivity index (χ0) is 8.67. The molecule has 4 nitrogen and oxygen atoms in total. The molecule has 3 rings (SSSR count). The van der Waals surface area contributed by atoms with Crippen molar-refractivity contribution in [2.24, 2.45) is 0 Å². The summed E-state index contributed by atoms with van der Waals surface area (Å²) in [4.78, 5) is 9.24. The molecular formula is C8H4N4S. The highest BCUT2D eigenvalue weighted by molar-refractivity contribution is 7.25. The van der Waals surface area contributed by atoms with Crippen molar-refractivity contribution >= 4 is 31.9 Å². The molecule has 5 heteroatoms. The smallest absolute Gasteiger partial charge is 0.167 e. The lowest BCUT2D eigenvalue weighted by atomic mass is 10.4. The molecule has 0 N–H and O–H groups in total. The van der Waals surface area contributed by atoms with E-state index in [0.717, 1.165) is 20.6 Å². The molecular weight excluding hydrogens is 184 g/mol. The van der Waals surface area contributed by atoms with E-state index >= 15 is 0 Å². The molecule has 0 fully saturated rings. The first-order chi connectivity index (χ1) is 6.45. The lowest BCUT2D eigenvalue weighted by molar-refractivity contribution is 1.03. The number of pyridine rings is 1. The summed E-state index contributed by atoms with van der Waals surface area (Å²) in [5.74, 6) is 0. The third kappa shape index (κ3) is 0.905. The molecule has 0 atom stereocenters. The molecule has 13 heavy (non-hydrogen) atoms. The average molecular weight is 188 g/mol. The van der Waals surface area contributed by atoms with Gasteiger partial charge in [-0.1, -0.05) is 0 Å². The Morgan fingerprint density at radius 2 is 2.15 bits per heavy atom. The van der Waals surface area contributed by atoms with Gasteiger partial charge in [0, 0.05) is 6.20 Å².